The van der Waals surface area contributed by atoms with Crippen LogP contribution in [0.5, 0.6) is 0 Å². The van der Waals surface area contributed by atoms with Crippen molar-refractivity contribution in [1.82, 2.24) is 5.16 Å². The first-order valence-corrected chi connectivity index (χ1v) is 4.15. The van der Waals surface area contributed by atoms with Crippen LogP contribution in [0.2, 0.25) is 0 Å². The lowest BCUT2D eigenvalue weighted by Crippen LogP contribution is -2.27. The molecule has 0 amide bonds. The van der Waals surface area contributed by atoms with Gasteiger partial charge in [-0.3, -0.25) is 4.63 Å². The highest BCUT2D eigenvalue weighted by molar-refractivity contribution is 5.83. The smallest absolute Gasteiger partial charge is 0.257 e. The second-order valence-corrected chi connectivity index (χ2v) is 2.77. The maximum Gasteiger partial charge on any atom is 0.257 e. The lowest BCUT2D eigenvalue weighted by Gasteiger charge is -1.91. The second-order valence-electron chi connectivity index (χ2n) is 2.77. The van der Waals surface area contributed by atoms with Gasteiger partial charge in [0.1, 0.15) is 6.21 Å². The van der Waals surface area contributed by atoms with Crippen molar-refractivity contribution in [3.05, 3.63) is 41.2 Å². The average molecular weight is 205 g/mol. The molecule has 6 heteroatoms. The molecule has 0 aliphatic rings. The molecule has 2 aromatic rings. The summed E-state index contributed by atoms with van der Waals surface area (Å²) in [6.07, 6.45) is 0.978. The average Bonchev–Trinajstić information content (AvgIpc) is 2.63. The minimum absolute atomic E-state index is 0.0590. The van der Waals surface area contributed by atoms with Gasteiger partial charge >= 0.3 is 0 Å². The quantitative estimate of drug-likeness (QED) is 0.340. The summed E-state index contributed by atoms with van der Waals surface area (Å²) in [5.41, 5.74) is 1.11. The zero-order valence-electron chi connectivity index (χ0n) is 7.57. The predicted octanol–water partition coefficient (Wildman–Crippen LogP) is 0.783. The molecule has 6 nitrogen and oxygen atoms in total. The number of hydrogen-bond acceptors (Lipinski definition) is 5. The van der Waals surface area contributed by atoms with Crippen molar-refractivity contribution < 1.29 is 14.7 Å². The summed E-state index contributed by atoms with van der Waals surface area (Å²) in [4.78, 5) is 0.183. The molecule has 1 heterocycles. The Labute approximate surface area is 84.6 Å². The van der Waals surface area contributed by atoms with Crippen molar-refractivity contribution in [2.24, 2.45) is 5.16 Å². The third-order valence-corrected chi connectivity index (χ3v) is 1.87. The third kappa shape index (κ3) is 1.64. The van der Waals surface area contributed by atoms with E-state index in [2.05, 4.69) is 14.9 Å². The summed E-state index contributed by atoms with van der Waals surface area (Å²) in [5.74, 6) is 0. The Morgan fingerprint density at radius 2 is 2.13 bits per heavy atom. The molecule has 0 aliphatic carbocycles. The van der Waals surface area contributed by atoms with Gasteiger partial charge in [0.05, 0.1) is 0 Å². The van der Waals surface area contributed by atoms with E-state index in [1.54, 1.807) is 24.3 Å². The molecule has 0 radical (unpaired) electrons. The molecule has 1 N–H and O–H groups in total. The Balaban J connectivity index is 2.54. The zero-order chi connectivity index (χ0) is 10.7. The standard InChI is InChI=1S/C9H7N3O3/c13-10-6-8-9(11-15-12(8)14)7-4-2-1-3-5-7/h1-6,13H/b10-6+. The van der Waals surface area contributed by atoms with Gasteiger partial charge in [0.25, 0.3) is 5.69 Å². The highest BCUT2D eigenvalue weighted by atomic mass is 16.8. The number of aromatic nitrogens is 2. The summed E-state index contributed by atoms with van der Waals surface area (Å²) < 4.78 is 4.41. The highest BCUT2D eigenvalue weighted by Gasteiger charge is 2.18. The monoisotopic (exact) mass is 205 g/mol. The summed E-state index contributed by atoms with van der Waals surface area (Å²) >= 11 is 0. The van der Waals surface area contributed by atoms with Gasteiger partial charge in [-0.1, -0.05) is 35.5 Å². The van der Waals surface area contributed by atoms with Crippen molar-refractivity contribution in [3.8, 4) is 11.3 Å². The van der Waals surface area contributed by atoms with E-state index in [-0.39, 0.29) is 10.6 Å². The molecule has 1 aromatic carbocycles. The Hall–Kier alpha value is -2.37. The van der Waals surface area contributed by atoms with E-state index in [1.807, 2.05) is 6.07 Å². The van der Waals surface area contributed by atoms with Gasteiger partial charge in [0.15, 0.2) is 0 Å². The third-order valence-electron chi connectivity index (χ3n) is 1.87. The molecule has 0 saturated carbocycles. The van der Waals surface area contributed by atoms with Gasteiger partial charge in [-0.25, -0.2) is 0 Å². The van der Waals surface area contributed by atoms with Crippen LogP contribution in [0.1, 0.15) is 5.69 Å². The van der Waals surface area contributed by atoms with E-state index in [0.29, 0.717) is 11.3 Å². The van der Waals surface area contributed by atoms with Gasteiger partial charge in [0.2, 0.25) is 5.69 Å². The molecular formula is C9H7N3O3. The molecule has 76 valence electrons. The van der Waals surface area contributed by atoms with Crippen molar-refractivity contribution in [2.75, 3.05) is 0 Å². The van der Waals surface area contributed by atoms with Crippen LogP contribution >= 0.6 is 0 Å². The van der Waals surface area contributed by atoms with E-state index in [0.717, 1.165) is 6.21 Å². The minimum Gasteiger partial charge on any atom is -0.411 e. The minimum atomic E-state index is 0.0590. The van der Waals surface area contributed by atoms with Crippen molar-refractivity contribution in [1.29, 1.82) is 0 Å². The van der Waals surface area contributed by atoms with Gasteiger partial charge in [-0.2, -0.15) is 0 Å². The maximum absolute atomic E-state index is 11.1. The second kappa shape index (κ2) is 3.79. The maximum atomic E-state index is 11.1. The van der Waals surface area contributed by atoms with Gasteiger partial charge in [-0.05, 0) is 4.90 Å². The van der Waals surface area contributed by atoms with Gasteiger partial charge < -0.3 is 10.4 Å². The molecule has 0 fully saturated rings. The van der Waals surface area contributed by atoms with Gasteiger partial charge in [0, 0.05) is 10.7 Å². The van der Waals surface area contributed by atoms with Crippen LogP contribution in [-0.2, 0) is 0 Å². The fourth-order valence-corrected chi connectivity index (χ4v) is 1.21. The molecule has 0 bridgehead atoms. The summed E-state index contributed by atoms with van der Waals surface area (Å²) in [7, 11) is 0. The van der Waals surface area contributed by atoms with Crippen LogP contribution in [0.4, 0.5) is 0 Å². The Bertz CT molecular complexity index is 479. The lowest BCUT2D eigenvalue weighted by molar-refractivity contribution is -0.803. The molecule has 15 heavy (non-hydrogen) atoms. The number of hydrogen-bond donors (Lipinski definition) is 1. The first-order valence-electron chi connectivity index (χ1n) is 4.15. The first kappa shape index (κ1) is 9.20. The molecule has 1 aromatic heterocycles. The summed E-state index contributed by atoms with van der Waals surface area (Å²) in [5, 5.41) is 25.8. The van der Waals surface area contributed by atoms with Crippen molar-refractivity contribution >= 4 is 6.21 Å². The molecule has 0 aliphatic heterocycles. The fourth-order valence-electron chi connectivity index (χ4n) is 1.21. The Morgan fingerprint density at radius 1 is 1.40 bits per heavy atom. The van der Waals surface area contributed by atoms with Crippen LogP contribution < -0.4 is 4.90 Å². The predicted molar refractivity (Wildman–Crippen MR) is 50.3 cm³/mol. The van der Waals surface area contributed by atoms with E-state index in [1.165, 1.54) is 0 Å². The van der Waals surface area contributed by atoms with E-state index >= 15 is 0 Å². The summed E-state index contributed by atoms with van der Waals surface area (Å²) in [6, 6.07) is 8.99. The van der Waals surface area contributed by atoms with E-state index in [4.69, 9.17) is 5.21 Å². The molecule has 0 atom stereocenters. The van der Waals surface area contributed by atoms with Gasteiger partial charge in [-0.15, -0.1) is 0 Å². The largest absolute Gasteiger partial charge is 0.411 e. The van der Waals surface area contributed by atoms with Crippen LogP contribution in [0.25, 0.3) is 11.3 Å². The molecule has 0 unspecified atom stereocenters. The fraction of sp³-hybridized carbons (Fsp3) is 0. The molecule has 2 rings (SSSR count). The normalized spacial score (nSPS) is 10.9. The lowest BCUT2D eigenvalue weighted by atomic mass is 10.1. The molecular weight excluding hydrogens is 198 g/mol. The van der Waals surface area contributed by atoms with Crippen LogP contribution in [0, 0.1) is 5.21 Å². The summed E-state index contributed by atoms with van der Waals surface area (Å²) in [6.45, 7) is 0. The zero-order valence-corrected chi connectivity index (χ0v) is 7.57. The highest BCUT2D eigenvalue weighted by Crippen LogP contribution is 2.17. The van der Waals surface area contributed by atoms with Crippen molar-refractivity contribution in [3.63, 3.8) is 0 Å². The number of nitrogens with zero attached hydrogens (tertiary/aromatic N) is 3. The van der Waals surface area contributed by atoms with Crippen LogP contribution in [-0.4, -0.2) is 16.6 Å². The van der Waals surface area contributed by atoms with E-state index < -0.39 is 0 Å². The number of rotatable bonds is 2. The molecule has 0 saturated heterocycles. The van der Waals surface area contributed by atoms with E-state index in [9.17, 15) is 5.21 Å². The molecule has 0 spiro atoms. The van der Waals surface area contributed by atoms with Crippen LogP contribution in [0.15, 0.2) is 40.1 Å². The first-order chi connectivity index (χ1) is 7.33. The number of benzene rings is 1. The SMILES string of the molecule is [O-][n+]1onc(-c2ccccc2)c1/C=N/O. The Morgan fingerprint density at radius 3 is 2.80 bits per heavy atom. The topological polar surface area (TPSA) is 85.6 Å². The van der Waals surface area contributed by atoms with Crippen LogP contribution in [0.3, 0.4) is 0 Å². The Kier molecular flexibility index (Phi) is 2.32. The number of oxime groups is 1. The van der Waals surface area contributed by atoms with Crippen molar-refractivity contribution in [2.45, 2.75) is 0 Å².